The van der Waals surface area contributed by atoms with Crippen molar-refractivity contribution >= 4 is 39.5 Å². The third-order valence-corrected chi connectivity index (χ3v) is 5.11. The van der Waals surface area contributed by atoms with Crippen molar-refractivity contribution in [3.05, 3.63) is 10.7 Å². The molecule has 0 aliphatic carbocycles. The molecule has 6 heteroatoms. The Labute approximate surface area is 121 Å². The quantitative estimate of drug-likeness (QED) is 0.922. The minimum Gasteiger partial charge on any atom is -0.354 e. The molecular formula is C12H19BrN4S. The Morgan fingerprint density at radius 1 is 1.56 bits per heavy atom. The maximum absolute atomic E-state index is 4.62. The number of nitrogens with zero attached hydrogens (tertiary/aromatic N) is 3. The molecule has 0 radical (unpaired) electrons. The molecule has 1 saturated heterocycles. The predicted octanol–water partition coefficient (Wildman–Crippen LogP) is 3.00. The van der Waals surface area contributed by atoms with Gasteiger partial charge in [0.1, 0.15) is 5.82 Å². The second-order valence-electron chi connectivity index (χ2n) is 4.41. The molecule has 1 aliphatic heterocycles. The van der Waals surface area contributed by atoms with Crippen molar-refractivity contribution in [1.82, 2.24) is 9.97 Å². The van der Waals surface area contributed by atoms with Gasteiger partial charge in [0, 0.05) is 36.3 Å². The molecule has 18 heavy (non-hydrogen) atoms. The maximum atomic E-state index is 4.62. The largest absolute Gasteiger partial charge is 0.354 e. The van der Waals surface area contributed by atoms with Crippen LogP contribution < -0.4 is 10.2 Å². The summed E-state index contributed by atoms with van der Waals surface area (Å²) < 4.78 is 0.968. The van der Waals surface area contributed by atoms with E-state index in [0.717, 1.165) is 29.1 Å². The summed E-state index contributed by atoms with van der Waals surface area (Å²) in [5.74, 6) is 2.85. The number of halogens is 1. The van der Waals surface area contributed by atoms with Gasteiger partial charge in [0.05, 0.1) is 4.47 Å². The van der Waals surface area contributed by atoms with E-state index in [-0.39, 0.29) is 0 Å². The number of aromatic nitrogens is 2. The van der Waals surface area contributed by atoms with Crippen LogP contribution in [0.1, 0.15) is 20.8 Å². The summed E-state index contributed by atoms with van der Waals surface area (Å²) in [6.45, 7) is 8.47. The summed E-state index contributed by atoms with van der Waals surface area (Å²) in [6, 6.07) is 0.490. The van der Waals surface area contributed by atoms with E-state index in [4.69, 9.17) is 0 Å². The van der Waals surface area contributed by atoms with Crippen LogP contribution in [-0.2, 0) is 0 Å². The van der Waals surface area contributed by atoms with E-state index < -0.39 is 0 Å². The number of anilines is 2. The molecule has 0 bridgehead atoms. The lowest BCUT2D eigenvalue weighted by atomic mass is 10.2. The van der Waals surface area contributed by atoms with E-state index in [1.807, 2.05) is 24.9 Å². The van der Waals surface area contributed by atoms with Crippen molar-refractivity contribution in [3.8, 4) is 0 Å². The topological polar surface area (TPSA) is 41.1 Å². The fourth-order valence-corrected chi connectivity index (χ4v) is 3.55. The van der Waals surface area contributed by atoms with Crippen LogP contribution in [-0.4, -0.2) is 40.1 Å². The lowest BCUT2D eigenvalue weighted by molar-refractivity contribution is 0.618. The maximum Gasteiger partial charge on any atom is 0.224 e. The molecule has 2 rings (SSSR count). The van der Waals surface area contributed by atoms with Crippen molar-refractivity contribution in [2.45, 2.75) is 32.1 Å². The minimum absolute atomic E-state index is 0.490. The van der Waals surface area contributed by atoms with Crippen LogP contribution in [0.3, 0.4) is 0 Å². The number of hydrogen-bond donors (Lipinski definition) is 1. The Morgan fingerprint density at radius 2 is 2.33 bits per heavy atom. The van der Waals surface area contributed by atoms with Gasteiger partial charge in [-0.2, -0.15) is 16.7 Å². The first-order valence-corrected chi connectivity index (χ1v) is 8.12. The highest BCUT2D eigenvalue weighted by Crippen LogP contribution is 2.32. The van der Waals surface area contributed by atoms with Gasteiger partial charge in [0.15, 0.2) is 0 Å². The molecule has 1 fully saturated rings. The van der Waals surface area contributed by atoms with Gasteiger partial charge in [-0.1, -0.05) is 6.92 Å². The average molecular weight is 331 g/mol. The highest BCUT2D eigenvalue weighted by Gasteiger charge is 2.27. The fourth-order valence-electron chi connectivity index (χ4n) is 2.03. The number of thioether (sulfide) groups is 1. The minimum atomic E-state index is 0.490. The average Bonchev–Trinajstić information content (AvgIpc) is 2.36. The molecule has 2 atom stereocenters. The van der Waals surface area contributed by atoms with Gasteiger partial charge in [-0.3, -0.25) is 0 Å². The highest BCUT2D eigenvalue weighted by molar-refractivity contribution is 9.10. The fraction of sp³-hybridized carbons (Fsp3) is 0.667. The molecule has 1 N–H and O–H groups in total. The molecule has 4 nitrogen and oxygen atoms in total. The molecule has 2 heterocycles. The Hall–Kier alpha value is -0.490. The van der Waals surface area contributed by atoms with Crippen LogP contribution in [0.5, 0.6) is 0 Å². The summed E-state index contributed by atoms with van der Waals surface area (Å²) in [5, 5.41) is 3.79. The van der Waals surface area contributed by atoms with Crippen molar-refractivity contribution in [3.63, 3.8) is 0 Å². The van der Waals surface area contributed by atoms with Crippen LogP contribution in [0.25, 0.3) is 0 Å². The summed E-state index contributed by atoms with van der Waals surface area (Å²) >= 11 is 5.59. The molecule has 2 unspecified atom stereocenters. The standard InChI is InChI=1S/C12H19BrN4S/c1-4-14-12-15-7-10(13)11(16-12)17-5-6-18-9(3)8(17)2/h7-9H,4-6H2,1-3H3,(H,14,15,16). The second-order valence-corrected chi connectivity index (χ2v) is 6.74. The van der Waals surface area contributed by atoms with E-state index in [1.54, 1.807) is 0 Å². The van der Waals surface area contributed by atoms with E-state index in [0.29, 0.717) is 17.2 Å². The first kappa shape index (κ1) is 13.9. The van der Waals surface area contributed by atoms with Gasteiger partial charge in [-0.15, -0.1) is 0 Å². The first-order chi connectivity index (χ1) is 8.63. The molecule has 100 valence electrons. The van der Waals surface area contributed by atoms with Gasteiger partial charge < -0.3 is 10.2 Å². The van der Waals surface area contributed by atoms with Crippen LogP contribution >= 0.6 is 27.7 Å². The van der Waals surface area contributed by atoms with Gasteiger partial charge in [0.2, 0.25) is 5.95 Å². The molecule has 0 saturated carbocycles. The smallest absolute Gasteiger partial charge is 0.224 e. The molecule has 0 aromatic carbocycles. The van der Waals surface area contributed by atoms with Crippen LogP contribution in [0, 0.1) is 0 Å². The van der Waals surface area contributed by atoms with Crippen molar-refractivity contribution in [1.29, 1.82) is 0 Å². The Morgan fingerprint density at radius 3 is 3.06 bits per heavy atom. The van der Waals surface area contributed by atoms with Crippen LogP contribution in [0.15, 0.2) is 10.7 Å². The lowest BCUT2D eigenvalue weighted by Gasteiger charge is -2.38. The van der Waals surface area contributed by atoms with Crippen LogP contribution in [0.2, 0.25) is 0 Å². The molecule has 1 aromatic rings. The van der Waals surface area contributed by atoms with Gasteiger partial charge in [-0.05, 0) is 29.8 Å². The van der Waals surface area contributed by atoms with E-state index in [9.17, 15) is 0 Å². The highest BCUT2D eigenvalue weighted by atomic mass is 79.9. The summed E-state index contributed by atoms with van der Waals surface area (Å²) in [5.41, 5.74) is 0. The molecule has 1 aliphatic rings. The van der Waals surface area contributed by atoms with E-state index in [2.05, 4.69) is 50.0 Å². The number of hydrogen-bond acceptors (Lipinski definition) is 5. The Kier molecular flexibility index (Phi) is 4.72. The first-order valence-electron chi connectivity index (χ1n) is 6.28. The molecular weight excluding hydrogens is 312 g/mol. The van der Waals surface area contributed by atoms with Crippen molar-refractivity contribution < 1.29 is 0 Å². The Bertz CT molecular complexity index is 415. The van der Waals surface area contributed by atoms with Gasteiger partial charge in [0.25, 0.3) is 0 Å². The zero-order valence-electron chi connectivity index (χ0n) is 11.0. The Balaban J connectivity index is 2.27. The molecule has 0 spiro atoms. The SMILES string of the molecule is CCNc1ncc(Br)c(N2CCSC(C)C2C)n1. The summed E-state index contributed by atoms with van der Waals surface area (Å²) in [6.07, 6.45) is 1.83. The number of rotatable bonds is 3. The van der Waals surface area contributed by atoms with Crippen LogP contribution in [0.4, 0.5) is 11.8 Å². The van der Waals surface area contributed by atoms with Gasteiger partial charge in [-0.25, -0.2) is 4.98 Å². The monoisotopic (exact) mass is 330 g/mol. The third-order valence-electron chi connectivity index (χ3n) is 3.22. The summed E-state index contributed by atoms with van der Waals surface area (Å²) in [7, 11) is 0. The van der Waals surface area contributed by atoms with Crippen molar-refractivity contribution in [2.24, 2.45) is 0 Å². The number of nitrogens with one attached hydrogen (secondary N) is 1. The lowest BCUT2D eigenvalue weighted by Crippen LogP contribution is -2.45. The van der Waals surface area contributed by atoms with E-state index in [1.165, 1.54) is 0 Å². The zero-order valence-corrected chi connectivity index (χ0v) is 13.4. The van der Waals surface area contributed by atoms with Crippen molar-refractivity contribution in [2.75, 3.05) is 29.1 Å². The summed E-state index contributed by atoms with van der Waals surface area (Å²) in [4.78, 5) is 11.3. The zero-order chi connectivity index (χ0) is 13.1. The molecule has 0 amide bonds. The normalized spacial score (nSPS) is 24.1. The van der Waals surface area contributed by atoms with E-state index >= 15 is 0 Å². The second kappa shape index (κ2) is 6.10. The molecule has 1 aromatic heterocycles. The van der Waals surface area contributed by atoms with Gasteiger partial charge >= 0.3 is 0 Å². The third kappa shape index (κ3) is 2.91. The predicted molar refractivity (Wildman–Crippen MR) is 82.6 cm³/mol.